The minimum absolute atomic E-state index is 0.392. The quantitative estimate of drug-likeness (QED) is 0.488. The molecule has 0 amide bonds. The molecule has 1 aromatic rings. The predicted molar refractivity (Wildman–Crippen MR) is 61.6 cm³/mol. The van der Waals surface area contributed by atoms with Gasteiger partial charge in [-0.3, -0.25) is 0 Å². The van der Waals surface area contributed by atoms with E-state index in [-0.39, 0.29) is 0 Å². The average molecular weight is 227 g/mol. The maximum Gasteiger partial charge on any atom is 0.337 e. The molecule has 0 unspecified atom stereocenters. The highest BCUT2D eigenvalue weighted by Gasteiger charge is 2.10. The molecule has 1 rings (SSSR count). The lowest BCUT2D eigenvalue weighted by Gasteiger charge is -2.12. The van der Waals surface area contributed by atoms with E-state index in [1.165, 1.54) is 7.11 Å². The largest absolute Gasteiger partial charge is 0.472 e. The summed E-state index contributed by atoms with van der Waals surface area (Å²) in [5.41, 5.74) is 6.68. The van der Waals surface area contributed by atoms with Gasteiger partial charge in [0.25, 0.3) is 0 Å². The van der Waals surface area contributed by atoms with Gasteiger partial charge in [-0.15, -0.1) is 0 Å². The van der Waals surface area contributed by atoms with E-state index in [9.17, 15) is 4.79 Å². The van der Waals surface area contributed by atoms with Crippen LogP contribution in [0.1, 0.15) is 10.4 Å². The standard InChI is InChI=1S/C10H14NO3P/c1-13-10(12)7-4-5-8(11)9(6-7)14-15(2)3/h4-6H,11H2,1-3H3. The Morgan fingerprint density at radius 2 is 2.07 bits per heavy atom. The maximum atomic E-state index is 11.2. The summed E-state index contributed by atoms with van der Waals surface area (Å²) in [7, 11) is 0.778. The van der Waals surface area contributed by atoms with Gasteiger partial charge in [0.2, 0.25) is 0 Å². The molecule has 0 heterocycles. The number of rotatable bonds is 3. The normalized spacial score (nSPS) is 10.1. The van der Waals surface area contributed by atoms with E-state index in [0.717, 1.165) is 0 Å². The van der Waals surface area contributed by atoms with Crippen molar-refractivity contribution in [2.24, 2.45) is 0 Å². The van der Waals surface area contributed by atoms with E-state index in [2.05, 4.69) is 4.74 Å². The first kappa shape index (κ1) is 11.8. The summed E-state index contributed by atoms with van der Waals surface area (Å²) >= 11 is 0. The molecule has 0 radical (unpaired) electrons. The Morgan fingerprint density at radius 1 is 1.40 bits per heavy atom. The van der Waals surface area contributed by atoms with Crippen LogP contribution in [0.25, 0.3) is 0 Å². The second kappa shape index (κ2) is 4.99. The molecule has 0 spiro atoms. The Kier molecular flexibility index (Phi) is 3.92. The third kappa shape index (κ3) is 3.10. The number of ether oxygens (including phenoxy) is 1. The molecule has 0 aliphatic carbocycles. The maximum absolute atomic E-state index is 11.2. The van der Waals surface area contributed by atoms with Gasteiger partial charge < -0.3 is 15.0 Å². The van der Waals surface area contributed by atoms with Gasteiger partial charge in [-0.2, -0.15) is 0 Å². The zero-order valence-electron chi connectivity index (χ0n) is 8.98. The van der Waals surface area contributed by atoms with Gasteiger partial charge in [-0.1, -0.05) is 0 Å². The van der Waals surface area contributed by atoms with Crippen molar-refractivity contribution >= 4 is 19.8 Å². The summed E-state index contributed by atoms with van der Waals surface area (Å²) in [6.07, 6.45) is 0. The minimum Gasteiger partial charge on any atom is -0.472 e. The highest BCUT2D eigenvalue weighted by molar-refractivity contribution is 7.51. The van der Waals surface area contributed by atoms with Gasteiger partial charge in [-0.05, 0) is 31.5 Å². The first-order chi connectivity index (χ1) is 7.04. The van der Waals surface area contributed by atoms with Crippen LogP contribution in [0, 0.1) is 0 Å². The first-order valence-corrected chi connectivity index (χ1v) is 6.53. The van der Waals surface area contributed by atoms with Crippen LogP contribution in [-0.4, -0.2) is 26.4 Å². The lowest BCUT2D eigenvalue weighted by molar-refractivity contribution is 0.0600. The molecule has 1 aromatic carbocycles. The monoisotopic (exact) mass is 227 g/mol. The predicted octanol–water partition coefficient (Wildman–Crippen LogP) is 2.09. The van der Waals surface area contributed by atoms with Crippen LogP contribution in [0.2, 0.25) is 0 Å². The molecule has 2 N–H and O–H groups in total. The summed E-state index contributed by atoms with van der Waals surface area (Å²) in [5, 5.41) is 0. The fourth-order valence-corrected chi connectivity index (χ4v) is 1.61. The molecule has 15 heavy (non-hydrogen) atoms. The topological polar surface area (TPSA) is 61.5 Å². The molecule has 82 valence electrons. The van der Waals surface area contributed by atoms with Crippen LogP contribution >= 0.6 is 8.15 Å². The Labute approximate surface area is 90.2 Å². The zero-order valence-corrected chi connectivity index (χ0v) is 9.88. The number of hydrogen-bond donors (Lipinski definition) is 1. The zero-order chi connectivity index (χ0) is 11.4. The second-order valence-corrected chi connectivity index (χ2v) is 4.96. The van der Waals surface area contributed by atoms with Crippen molar-refractivity contribution in [3.05, 3.63) is 23.8 Å². The minimum atomic E-state index is -0.561. The van der Waals surface area contributed by atoms with E-state index < -0.39 is 14.1 Å². The molecular formula is C10H14NO3P. The van der Waals surface area contributed by atoms with E-state index in [4.69, 9.17) is 10.3 Å². The molecule has 0 saturated carbocycles. The van der Waals surface area contributed by atoms with Crippen molar-refractivity contribution in [2.45, 2.75) is 0 Å². The van der Waals surface area contributed by atoms with Crippen molar-refractivity contribution < 1.29 is 14.1 Å². The third-order valence-corrected chi connectivity index (χ3v) is 2.28. The van der Waals surface area contributed by atoms with Gasteiger partial charge in [0, 0.05) is 0 Å². The Hall–Kier alpha value is -1.28. The van der Waals surface area contributed by atoms with Gasteiger partial charge in [0.15, 0.2) is 0 Å². The molecule has 0 aliphatic heterocycles. The van der Waals surface area contributed by atoms with E-state index in [0.29, 0.717) is 17.0 Å². The van der Waals surface area contributed by atoms with Crippen molar-refractivity contribution in [2.75, 3.05) is 26.2 Å². The molecule has 0 fully saturated rings. The molecule has 4 nitrogen and oxygen atoms in total. The third-order valence-electron chi connectivity index (χ3n) is 1.72. The molecular weight excluding hydrogens is 213 g/mol. The van der Waals surface area contributed by atoms with E-state index in [1.54, 1.807) is 18.2 Å². The van der Waals surface area contributed by atoms with Crippen molar-refractivity contribution in [3.63, 3.8) is 0 Å². The van der Waals surface area contributed by atoms with E-state index in [1.807, 2.05) is 13.3 Å². The van der Waals surface area contributed by atoms with Crippen molar-refractivity contribution in [3.8, 4) is 5.75 Å². The summed E-state index contributed by atoms with van der Waals surface area (Å²) in [5.74, 6) is 0.144. The number of benzene rings is 1. The van der Waals surface area contributed by atoms with Crippen molar-refractivity contribution in [1.82, 2.24) is 0 Å². The molecule has 0 bridgehead atoms. The van der Waals surface area contributed by atoms with Crippen LogP contribution in [0.15, 0.2) is 18.2 Å². The van der Waals surface area contributed by atoms with Gasteiger partial charge in [0.1, 0.15) is 5.75 Å². The van der Waals surface area contributed by atoms with E-state index >= 15 is 0 Å². The Morgan fingerprint density at radius 3 is 2.60 bits per heavy atom. The van der Waals surface area contributed by atoms with Crippen LogP contribution in [-0.2, 0) is 4.74 Å². The van der Waals surface area contributed by atoms with Crippen LogP contribution < -0.4 is 10.3 Å². The smallest absolute Gasteiger partial charge is 0.337 e. The van der Waals surface area contributed by atoms with Crippen molar-refractivity contribution in [1.29, 1.82) is 0 Å². The first-order valence-electron chi connectivity index (χ1n) is 4.37. The van der Waals surface area contributed by atoms with Crippen LogP contribution in [0.3, 0.4) is 0 Å². The highest BCUT2D eigenvalue weighted by Crippen LogP contribution is 2.34. The summed E-state index contributed by atoms with van der Waals surface area (Å²) in [6, 6.07) is 4.85. The number of anilines is 1. The molecule has 0 aromatic heterocycles. The second-order valence-electron chi connectivity index (χ2n) is 3.15. The number of hydrogen-bond acceptors (Lipinski definition) is 4. The summed E-state index contributed by atoms with van der Waals surface area (Å²) < 4.78 is 10.1. The lowest BCUT2D eigenvalue weighted by Crippen LogP contribution is -2.02. The lowest BCUT2D eigenvalue weighted by atomic mass is 10.2. The number of nitrogens with two attached hydrogens (primary N) is 1. The average Bonchev–Trinajstić information content (AvgIpc) is 2.19. The number of carbonyl (C=O) groups excluding carboxylic acids is 1. The summed E-state index contributed by atoms with van der Waals surface area (Å²) in [4.78, 5) is 11.2. The van der Waals surface area contributed by atoms with Gasteiger partial charge in [-0.25, -0.2) is 4.79 Å². The number of esters is 1. The van der Waals surface area contributed by atoms with Crippen LogP contribution in [0.5, 0.6) is 5.75 Å². The fraction of sp³-hybridized carbons (Fsp3) is 0.300. The molecule has 5 heteroatoms. The fourth-order valence-electron chi connectivity index (χ4n) is 1.05. The number of methoxy groups -OCH3 is 1. The summed E-state index contributed by atoms with van der Waals surface area (Å²) in [6.45, 7) is 3.92. The van der Waals surface area contributed by atoms with Crippen LogP contribution in [0.4, 0.5) is 5.69 Å². The SMILES string of the molecule is COC(=O)c1ccc(N)c(OP(C)C)c1. The molecule has 0 aliphatic rings. The number of nitrogen functional groups attached to an aromatic ring is 1. The Balaban J connectivity index is 2.99. The molecule has 0 atom stereocenters. The number of carbonyl (C=O) groups is 1. The highest BCUT2D eigenvalue weighted by atomic mass is 31.1. The Bertz CT molecular complexity index is 366. The van der Waals surface area contributed by atoms with Gasteiger partial charge in [0.05, 0.1) is 26.5 Å². The van der Waals surface area contributed by atoms with Gasteiger partial charge >= 0.3 is 5.97 Å². The molecule has 0 saturated heterocycles.